The van der Waals surface area contributed by atoms with Crippen molar-refractivity contribution in [3.63, 3.8) is 0 Å². The molecule has 0 aliphatic carbocycles. The van der Waals surface area contributed by atoms with Gasteiger partial charge in [0.2, 0.25) is 10.0 Å². The van der Waals surface area contributed by atoms with Crippen molar-refractivity contribution < 1.29 is 23.1 Å². The number of ether oxygens (including phenoxy) is 1. The van der Waals surface area contributed by atoms with Crippen LogP contribution in [0.3, 0.4) is 0 Å². The zero-order valence-electron chi connectivity index (χ0n) is 15.3. The molecule has 2 aliphatic rings. The molecule has 0 aromatic carbocycles. The molecule has 146 valence electrons. The summed E-state index contributed by atoms with van der Waals surface area (Å²) in [6.07, 6.45) is 9.29. The molecule has 2 N–H and O–H groups in total. The van der Waals surface area contributed by atoms with Gasteiger partial charge >= 0.3 is 5.97 Å². The Balaban J connectivity index is 1.81. The Morgan fingerprint density at radius 2 is 2.00 bits per heavy atom. The maximum absolute atomic E-state index is 12.1. The van der Waals surface area contributed by atoms with E-state index in [1.165, 1.54) is 0 Å². The molecule has 0 aromatic rings. The summed E-state index contributed by atoms with van der Waals surface area (Å²) in [6, 6.07) is 0. The SMILES string of the molecule is CC#CCCS(=O)(=O)NC[C@H]1[C@@H](C/C=C\CCCC(=O)O)[C@H]2CC[C@@H]1O2. The monoisotopic (exact) mass is 383 g/mol. The Hall–Kier alpha value is -1.36. The highest BCUT2D eigenvalue weighted by Gasteiger charge is 2.48. The maximum atomic E-state index is 12.1. The zero-order valence-corrected chi connectivity index (χ0v) is 16.1. The summed E-state index contributed by atoms with van der Waals surface area (Å²) in [4.78, 5) is 10.5. The second-order valence-corrected chi connectivity index (χ2v) is 8.88. The van der Waals surface area contributed by atoms with Crippen LogP contribution in [0.5, 0.6) is 0 Å². The topological polar surface area (TPSA) is 92.7 Å². The highest BCUT2D eigenvalue weighted by molar-refractivity contribution is 7.89. The molecule has 26 heavy (non-hydrogen) atoms. The quantitative estimate of drug-likeness (QED) is 0.324. The minimum Gasteiger partial charge on any atom is -0.481 e. The minimum absolute atomic E-state index is 0.0314. The number of hydrogen-bond donors (Lipinski definition) is 2. The molecule has 7 heteroatoms. The number of carboxylic acids is 1. The highest BCUT2D eigenvalue weighted by atomic mass is 32.2. The number of nitrogens with one attached hydrogen (secondary N) is 1. The van der Waals surface area contributed by atoms with Gasteiger partial charge in [0.1, 0.15) is 0 Å². The molecule has 0 radical (unpaired) electrons. The number of hydrogen-bond acceptors (Lipinski definition) is 4. The predicted molar refractivity (Wildman–Crippen MR) is 100.0 cm³/mol. The number of rotatable bonds is 11. The molecule has 2 heterocycles. The predicted octanol–water partition coefficient (Wildman–Crippen LogP) is 2.31. The Morgan fingerprint density at radius 1 is 1.27 bits per heavy atom. The first-order chi connectivity index (χ1) is 12.4. The van der Waals surface area contributed by atoms with E-state index in [1.807, 2.05) is 6.08 Å². The third kappa shape index (κ3) is 6.42. The normalized spacial score (nSPS) is 27.6. The van der Waals surface area contributed by atoms with E-state index in [1.54, 1.807) is 6.92 Å². The van der Waals surface area contributed by atoms with Gasteiger partial charge in [-0.15, -0.1) is 11.8 Å². The van der Waals surface area contributed by atoms with Gasteiger partial charge in [0.15, 0.2) is 0 Å². The van der Waals surface area contributed by atoms with E-state index in [0.717, 1.165) is 25.7 Å². The van der Waals surface area contributed by atoms with Gasteiger partial charge < -0.3 is 9.84 Å². The average Bonchev–Trinajstić information content (AvgIpc) is 3.17. The molecule has 2 saturated heterocycles. The van der Waals surface area contributed by atoms with Crippen molar-refractivity contribution in [2.24, 2.45) is 11.8 Å². The number of allylic oxidation sites excluding steroid dienone is 2. The number of aliphatic carboxylic acids is 1. The summed E-state index contributed by atoms with van der Waals surface area (Å²) in [5.41, 5.74) is 0. The van der Waals surface area contributed by atoms with Gasteiger partial charge in [-0.25, -0.2) is 13.1 Å². The summed E-state index contributed by atoms with van der Waals surface area (Å²) in [5, 5.41) is 8.64. The van der Waals surface area contributed by atoms with Crippen LogP contribution in [0.25, 0.3) is 0 Å². The fraction of sp³-hybridized carbons (Fsp3) is 0.737. The largest absolute Gasteiger partial charge is 0.481 e. The van der Waals surface area contributed by atoms with E-state index in [0.29, 0.717) is 25.3 Å². The van der Waals surface area contributed by atoms with Gasteiger partial charge in [-0.05, 0) is 44.9 Å². The van der Waals surface area contributed by atoms with Crippen molar-refractivity contribution >= 4 is 16.0 Å². The van der Waals surface area contributed by atoms with Gasteiger partial charge in [0.05, 0.1) is 18.0 Å². The number of carboxylic acid groups (broad SMARTS) is 1. The lowest BCUT2D eigenvalue weighted by Gasteiger charge is -2.27. The number of sulfonamides is 1. The Kier molecular flexibility index (Phi) is 8.14. The average molecular weight is 384 g/mol. The molecule has 0 amide bonds. The first-order valence-electron chi connectivity index (χ1n) is 9.32. The molecular weight excluding hydrogens is 354 g/mol. The molecule has 0 saturated carbocycles. The van der Waals surface area contributed by atoms with Gasteiger partial charge in [-0.2, -0.15) is 0 Å². The first-order valence-corrected chi connectivity index (χ1v) is 11.0. The molecule has 2 fully saturated rings. The van der Waals surface area contributed by atoms with Gasteiger partial charge in [-0.3, -0.25) is 4.79 Å². The molecule has 2 aliphatic heterocycles. The third-order valence-electron chi connectivity index (χ3n) is 5.14. The van der Waals surface area contributed by atoms with E-state index in [9.17, 15) is 13.2 Å². The van der Waals surface area contributed by atoms with Crippen LogP contribution in [0.1, 0.15) is 51.9 Å². The number of unbranched alkanes of at least 4 members (excludes halogenated alkanes) is 1. The smallest absolute Gasteiger partial charge is 0.303 e. The summed E-state index contributed by atoms with van der Waals surface area (Å²) in [5.74, 6) is 5.27. The summed E-state index contributed by atoms with van der Waals surface area (Å²) < 4.78 is 32.9. The van der Waals surface area contributed by atoms with Crippen LogP contribution in [0.4, 0.5) is 0 Å². The fourth-order valence-electron chi connectivity index (χ4n) is 3.83. The molecule has 6 nitrogen and oxygen atoms in total. The summed E-state index contributed by atoms with van der Waals surface area (Å²) in [6.45, 7) is 2.12. The molecule has 4 atom stereocenters. The third-order valence-corrected chi connectivity index (χ3v) is 6.49. The van der Waals surface area contributed by atoms with E-state index in [2.05, 4.69) is 22.6 Å². The molecule has 0 aromatic heterocycles. The van der Waals surface area contributed by atoms with Crippen LogP contribution in [0.15, 0.2) is 12.2 Å². The summed E-state index contributed by atoms with van der Waals surface area (Å²) >= 11 is 0. The molecule has 2 bridgehead atoms. The van der Waals surface area contributed by atoms with E-state index in [4.69, 9.17) is 9.84 Å². The van der Waals surface area contributed by atoms with E-state index in [-0.39, 0.29) is 30.3 Å². The van der Waals surface area contributed by atoms with Crippen LogP contribution in [0.2, 0.25) is 0 Å². The Morgan fingerprint density at radius 3 is 2.69 bits per heavy atom. The fourth-order valence-corrected chi connectivity index (χ4v) is 4.79. The maximum Gasteiger partial charge on any atom is 0.303 e. The minimum atomic E-state index is -3.30. The van der Waals surface area contributed by atoms with Gasteiger partial charge in [0, 0.05) is 25.3 Å². The molecule has 0 spiro atoms. The van der Waals surface area contributed by atoms with Crippen LogP contribution in [-0.2, 0) is 19.6 Å². The molecule has 2 rings (SSSR count). The number of fused-ring (bicyclic) bond motifs is 2. The Bertz CT molecular complexity index is 661. The lowest BCUT2D eigenvalue weighted by atomic mass is 9.77. The second kappa shape index (κ2) is 10.1. The lowest BCUT2D eigenvalue weighted by molar-refractivity contribution is -0.137. The zero-order chi connectivity index (χ0) is 19.0. The lowest BCUT2D eigenvalue weighted by Crippen LogP contribution is -2.38. The van der Waals surface area contributed by atoms with Gasteiger partial charge in [-0.1, -0.05) is 12.2 Å². The van der Waals surface area contributed by atoms with Gasteiger partial charge in [0.25, 0.3) is 0 Å². The van der Waals surface area contributed by atoms with Crippen LogP contribution in [0, 0.1) is 23.7 Å². The standard InChI is InChI=1S/C19H29NO5S/c1-2-3-8-13-26(23,24)20-14-16-15(17-11-12-18(16)25-17)9-6-4-5-7-10-19(21)22/h4,6,15-18,20H,5,7-14H2,1H3,(H,21,22)/b6-4-/t15-,16+,17-,18+/m1/s1. The molecule has 0 unspecified atom stereocenters. The van der Waals surface area contributed by atoms with Crippen LogP contribution in [-0.4, -0.2) is 44.0 Å². The molecular formula is C19H29NO5S. The van der Waals surface area contributed by atoms with Crippen molar-refractivity contribution in [1.82, 2.24) is 4.72 Å². The van der Waals surface area contributed by atoms with Crippen molar-refractivity contribution in [1.29, 1.82) is 0 Å². The highest BCUT2D eigenvalue weighted by Crippen LogP contribution is 2.44. The van der Waals surface area contributed by atoms with Crippen LogP contribution >= 0.6 is 0 Å². The van der Waals surface area contributed by atoms with Crippen molar-refractivity contribution in [3.8, 4) is 11.8 Å². The second-order valence-electron chi connectivity index (χ2n) is 6.96. The number of carbonyl (C=O) groups is 1. The Labute approximate surface area is 156 Å². The van der Waals surface area contributed by atoms with Crippen LogP contribution < -0.4 is 4.72 Å². The van der Waals surface area contributed by atoms with E-state index >= 15 is 0 Å². The van der Waals surface area contributed by atoms with Crippen molar-refractivity contribution in [2.45, 2.75) is 64.1 Å². The first kappa shape index (κ1) is 20.9. The van der Waals surface area contributed by atoms with Crippen molar-refractivity contribution in [3.05, 3.63) is 12.2 Å². The van der Waals surface area contributed by atoms with Crippen molar-refractivity contribution in [2.75, 3.05) is 12.3 Å². The van der Waals surface area contributed by atoms with E-state index < -0.39 is 16.0 Å². The summed E-state index contributed by atoms with van der Waals surface area (Å²) in [7, 11) is -3.30.